The second kappa shape index (κ2) is 11.8. The van der Waals surface area contributed by atoms with Crippen molar-refractivity contribution >= 4 is 11.9 Å². The molecule has 0 aliphatic carbocycles. The summed E-state index contributed by atoms with van der Waals surface area (Å²) in [6, 6.07) is 0. The third-order valence-electron chi connectivity index (χ3n) is 2.54. The largest absolute Gasteiger partial charge is 0.462 e. The molecule has 0 saturated heterocycles. The quantitative estimate of drug-likeness (QED) is 0.201. The molecule has 0 spiro atoms. The average molecular weight is 270 g/mol. The van der Waals surface area contributed by atoms with E-state index < -0.39 is 11.9 Å². The summed E-state index contributed by atoms with van der Waals surface area (Å²) in [5.74, 6) is -1.13. The maximum atomic E-state index is 11.8. The zero-order valence-corrected chi connectivity index (χ0v) is 12.4. The monoisotopic (exact) mass is 270 g/mol. The van der Waals surface area contributed by atoms with Gasteiger partial charge in [-0.15, -0.1) is 0 Å². The van der Waals surface area contributed by atoms with E-state index in [1.807, 2.05) is 20.8 Å². The molecule has 0 saturated carbocycles. The van der Waals surface area contributed by atoms with Gasteiger partial charge in [-0.05, 0) is 19.3 Å². The van der Waals surface area contributed by atoms with E-state index in [-0.39, 0.29) is 5.57 Å². The van der Waals surface area contributed by atoms with Crippen molar-refractivity contribution in [1.82, 2.24) is 0 Å². The molecule has 0 heterocycles. The van der Waals surface area contributed by atoms with E-state index in [2.05, 4.69) is 0 Å². The summed E-state index contributed by atoms with van der Waals surface area (Å²) in [5, 5.41) is 0. The minimum absolute atomic E-state index is 0.0362. The van der Waals surface area contributed by atoms with Crippen molar-refractivity contribution in [2.24, 2.45) is 0 Å². The number of hydrogen-bond donors (Lipinski definition) is 0. The van der Waals surface area contributed by atoms with Gasteiger partial charge in [0.1, 0.15) is 5.57 Å². The fourth-order valence-electron chi connectivity index (χ4n) is 1.31. The van der Waals surface area contributed by atoms with Crippen LogP contribution in [0.15, 0.2) is 11.6 Å². The van der Waals surface area contributed by atoms with Gasteiger partial charge >= 0.3 is 11.9 Å². The van der Waals surface area contributed by atoms with Crippen molar-refractivity contribution < 1.29 is 19.1 Å². The van der Waals surface area contributed by atoms with Crippen molar-refractivity contribution in [3.8, 4) is 0 Å². The lowest BCUT2D eigenvalue weighted by molar-refractivity contribution is -0.147. The van der Waals surface area contributed by atoms with Gasteiger partial charge in [-0.2, -0.15) is 0 Å². The second-order valence-corrected chi connectivity index (χ2v) is 4.39. The number of hydrogen-bond acceptors (Lipinski definition) is 4. The highest BCUT2D eigenvalue weighted by Gasteiger charge is 2.20. The van der Waals surface area contributed by atoms with Gasteiger partial charge in [-0.25, -0.2) is 9.59 Å². The van der Waals surface area contributed by atoms with Crippen LogP contribution in [0.3, 0.4) is 0 Å². The highest BCUT2D eigenvalue weighted by Crippen LogP contribution is 2.07. The number of carbonyl (C=O) groups is 2. The third kappa shape index (κ3) is 8.41. The zero-order valence-electron chi connectivity index (χ0n) is 12.4. The van der Waals surface area contributed by atoms with Crippen LogP contribution in [0.1, 0.15) is 59.3 Å². The molecule has 0 fully saturated rings. The lowest BCUT2D eigenvalue weighted by Gasteiger charge is -2.08. The Morgan fingerprint density at radius 2 is 1.32 bits per heavy atom. The van der Waals surface area contributed by atoms with Crippen LogP contribution in [-0.4, -0.2) is 25.2 Å². The van der Waals surface area contributed by atoms with Crippen molar-refractivity contribution in [2.75, 3.05) is 13.2 Å². The van der Waals surface area contributed by atoms with Crippen LogP contribution in [-0.2, 0) is 19.1 Å². The van der Waals surface area contributed by atoms with Crippen LogP contribution in [0.4, 0.5) is 0 Å². The van der Waals surface area contributed by atoms with Gasteiger partial charge < -0.3 is 9.47 Å². The lowest BCUT2D eigenvalue weighted by atomic mass is 10.2. The van der Waals surface area contributed by atoms with Crippen LogP contribution in [0.5, 0.6) is 0 Å². The van der Waals surface area contributed by atoms with E-state index in [0.717, 1.165) is 32.1 Å². The van der Waals surface area contributed by atoms with Gasteiger partial charge in [0, 0.05) is 0 Å². The second-order valence-electron chi connectivity index (χ2n) is 4.39. The molecule has 0 aliphatic heterocycles. The predicted molar refractivity (Wildman–Crippen MR) is 74.7 cm³/mol. The van der Waals surface area contributed by atoms with Crippen LogP contribution in [0, 0.1) is 0 Å². The average Bonchev–Trinajstić information content (AvgIpc) is 2.40. The molecular weight excluding hydrogens is 244 g/mol. The standard InChI is InChI=1S/C15H26O4/c1-4-7-10-13(14(16)18-11-8-5-2)15(17)19-12-9-6-3/h10H,4-9,11-12H2,1-3H3. The molecule has 19 heavy (non-hydrogen) atoms. The molecule has 0 aliphatic rings. The maximum Gasteiger partial charge on any atom is 0.345 e. The first-order valence-corrected chi connectivity index (χ1v) is 7.21. The van der Waals surface area contributed by atoms with E-state index in [9.17, 15) is 9.59 Å². The molecule has 0 amide bonds. The zero-order chi connectivity index (χ0) is 14.5. The van der Waals surface area contributed by atoms with Crippen molar-refractivity contribution in [3.63, 3.8) is 0 Å². The summed E-state index contributed by atoms with van der Waals surface area (Å²) >= 11 is 0. The Hall–Kier alpha value is -1.32. The number of carbonyl (C=O) groups excluding carboxylic acids is 2. The molecule has 0 rings (SSSR count). The molecule has 0 atom stereocenters. The van der Waals surface area contributed by atoms with Crippen LogP contribution in [0.25, 0.3) is 0 Å². The number of allylic oxidation sites excluding steroid dienone is 1. The van der Waals surface area contributed by atoms with E-state index in [1.165, 1.54) is 0 Å². The van der Waals surface area contributed by atoms with E-state index in [1.54, 1.807) is 6.08 Å². The summed E-state index contributed by atoms with van der Waals surface area (Å²) in [6.07, 6.45) is 6.65. The van der Waals surface area contributed by atoms with Gasteiger partial charge in [-0.1, -0.05) is 46.1 Å². The number of rotatable bonds is 10. The summed E-state index contributed by atoms with van der Waals surface area (Å²) in [6.45, 7) is 6.71. The van der Waals surface area contributed by atoms with Gasteiger partial charge in [0.25, 0.3) is 0 Å². The molecule has 4 nitrogen and oxygen atoms in total. The Morgan fingerprint density at radius 3 is 1.68 bits per heavy atom. The Labute approximate surface area is 116 Å². The molecule has 0 bridgehead atoms. The molecule has 0 aromatic rings. The van der Waals surface area contributed by atoms with E-state index >= 15 is 0 Å². The van der Waals surface area contributed by atoms with Gasteiger partial charge in [-0.3, -0.25) is 0 Å². The number of unbranched alkanes of at least 4 members (excludes halogenated alkanes) is 3. The minimum Gasteiger partial charge on any atom is -0.462 e. The van der Waals surface area contributed by atoms with Gasteiger partial charge in [0.05, 0.1) is 13.2 Å². The summed E-state index contributed by atoms with van der Waals surface area (Å²) in [7, 11) is 0. The van der Waals surface area contributed by atoms with E-state index in [0.29, 0.717) is 19.6 Å². The Kier molecular flexibility index (Phi) is 10.9. The summed E-state index contributed by atoms with van der Waals surface area (Å²) in [5.41, 5.74) is 0.0362. The molecule has 0 aromatic carbocycles. The Balaban J connectivity index is 4.43. The van der Waals surface area contributed by atoms with Crippen LogP contribution >= 0.6 is 0 Å². The van der Waals surface area contributed by atoms with E-state index in [4.69, 9.17) is 9.47 Å². The third-order valence-corrected chi connectivity index (χ3v) is 2.54. The van der Waals surface area contributed by atoms with Crippen LogP contribution < -0.4 is 0 Å². The first-order chi connectivity index (χ1) is 9.17. The predicted octanol–water partition coefficient (Wildman–Crippen LogP) is 3.40. The fourth-order valence-corrected chi connectivity index (χ4v) is 1.31. The Bertz CT molecular complexity index is 271. The molecule has 0 aromatic heterocycles. The van der Waals surface area contributed by atoms with Crippen molar-refractivity contribution in [1.29, 1.82) is 0 Å². The number of ether oxygens (including phenoxy) is 2. The van der Waals surface area contributed by atoms with Gasteiger partial charge in [0.15, 0.2) is 0 Å². The molecule has 0 unspecified atom stereocenters. The minimum atomic E-state index is -0.566. The fraction of sp³-hybridized carbons (Fsp3) is 0.733. The Morgan fingerprint density at radius 1 is 0.842 bits per heavy atom. The van der Waals surface area contributed by atoms with Crippen molar-refractivity contribution in [3.05, 3.63) is 11.6 Å². The smallest absolute Gasteiger partial charge is 0.345 e. The summed E-state index contributed by atoms with van der Waals surface area (Å²) < 4.78 is 10.1. The SMILES string of the molecule is CCCC=C(C(=O)OCCCC)C(=O)OCCCC. The van der Waals surface area contributed by atoms with Gasteiger partial charge in [0.2, 0.25) is 0 Å². The highest BCUT2D eigenvalue weighted by molar-refractivity contribution is 6.14. The topological polar surface area (TPSA) is 52.6 Å². The number of esters is 2. The molecule has 0 radical (unpaired) electrons. The molecule has 0 N–H and O–H groups in total. The van der Waals surface area contributed by atoms with Crippen molar-refractivity contribution in [2.45, 2.75) is 59.3 Å². The first kappa shape index (κ1) is 17.7. The summed E-state index contributed by atoms with van der Waals surface area (Å²) in [4.78, 5) is 23.6. The molecule has 4 heteroatoms. The highest BCUT2D eigenvalue weighted by atomic mass is 16.6. The van der Waals surface area contributed by atoms with Crippen LogP contribution in [0.2, 0.25) is 0 Å². The lowest BCUT2D eigenvalue weighted by Crippen LogP contribution is -2.19. The molecular formula is C15H26O4. The maximum absolute atomic E-state index is 11.8. The first-order valence-electron chi connectivity index (χ1n) is 7.21. The molecule has 110 valence electrons. The normalized spacial score (nSPS) is 9.84.